The maximum absolute atomic E-state index is 12.2. The largest absolute Gasteiger partial charge is 0.348 e. The molecule has 0 aliphatic carbocycles. The molecule has 0 bridgehead atoms. The Morgan fingerprint density at radius 1 is 0.960 bits per heavy atom. The summed E-state index contributed by atoms with van der Waals surface area (Å²) in [4.78, 5) is 29.3. The maximum atomic E-state index is 12.2. The standard InChI is InChI=1S/C18H14N6O/c25-17(20-9-13-5-2-1-3-6-13)14-10-21-18(22-11-14)24-12-23-15-7-4-8-19-16(15)24/h1-8,10-12H,9H2,(H,20,25). The molecule has 1 amide bonds. The molecule has 0 aliphatic heterocycles. The smallest absolute Gasteiger partial charge is 0.254 e. The van der Waals surface area contributed by atoms with Gasteiger partial charge in [0.05, 0.1) is 5.56 Å². The second kappa shape index (κ2) is 6.48. The average molecular weight is 330 g/mol. The Hall–Kier alpha value is -3.61. The fourth-order valence-corrected chi connectivity index (χ4v) is 2.44. The van der Waals surface area contributed by atoms with Crippen LogP contribution in [0.25, 0.3) is 17.1 Å². The highest BCUT2D eigenvalue weighted by molar-refractivity contribution is 5.93. The Morgan fingerprint density at radius 2 is 1.76 bits per heavy atom. The number of fused-ring (bicyclic) bond motifs is 1. The quantitative estimate of drug-likeness (QED) is 0.619. The van der Waals surface area contributed by atoms with Crippen LogP contribution in [-0.4, -0.2) is 30.4 Å². The minimum absolute atomic E-state index is 0.219. The number of hydrogen-bond donors (Lipinski definition) is 1. The first kappa shape index (κ1) is 14.9. The molecular weight excluding hydrogens is 316 g/mol. The van der Waals surface area contributed by atoms with Gasteiger partial charge in [0.1, 0.15) is 11.8 Å². The molecule has 0 unspecified atom stereocenters. The van der Waals surface area contributed by atoms with Crippen molar-refractivity contribution in [1.82, 2.24) is 29.8 Å². The zero-order chi connectivity index (χ0) is 17.1. The van der Waals surface area contributed by atoms with Crippen LogP contribution in [0.1, 0.15) is 15.9 Å². The van der Waals surface area contributed by atoms with Crippen molar-refractivity contribution in [1.29, 1.82) is 0 Å². The van der Waals surface area contributed by atoms with Crippen molar-refractivity contribution >= 4 is 17.1 Å². The van der Waals surface area contributed by atoms with Crippen molar-refractivity contribution in [3.63, 3.8) is 0 Å². The van der Waals surface area contributed by atoms with Gasteiger partial charge in [0, 0.05) is 25.1 Å². The number of amides is 1. The van der Waals surface area contributed by atoms with E-state index in [2.05, 4.69) is 25.3 Å². The number of carbonyl (C=O) groups excluding carboxylic acids is 1. The number of imidazole rings is 1. The van der Waals surface area contributed by atoms with E-state index in [1.807, 2.05) is 42.5 Å². The molecule has 4 rings (SSSR count). The molecule has 1 N–H and O–H groups in total. The van der Waals surface area contributed by atoms with E-state index in [0.717, 1.165) is 11.1 Å². The highest BCUT2D eigenvalue weighted by Crippen LogP contribution is 2.12. The van der Waals surface area contributed by atoms with Crippen LogP contribution in [-0.2, 0) is 6.54 Å². The van der Waals surface area contributed by atoms with Gasteiger partial charge in [-0.05, 0) is 17.7 Å². The summed E-state index contributed by atoms with van der Waals surface area (Å²) < 4.78 is 1.68. The molecule has 0 radical (unpaired) electrons. The molecule has 25 heavy (non-hydrogen) atoms. The van der Waals surface area contributed by atoms with Crippen molar-refractivity contribution in [3.8, 4) is 5.95 Å². The molecule has 0 saturated heterocycles. The number of benzene rings is 1. The van der Waals surface area contributed by atoms with Crippen LogP contribution in [0.15, 0.2) is 67.4 Å². The van der Waals surface area contributed by atoms with Gasteiger partial charge in [-0.3, -0.25) is 9.36 Å². The Kier molecular flexibility index (Phi) is 3.88. The van der Waals surface area contributed by atoms with Crippen LogP contribution >= 0.6 is 0 Å². The van der Waals surface area contributed by atoms with Crippen molar-refractivity contribution in [2.75, 3.05) is 0 Å². The normalized spacial score (nSPS) is 10.7. The number of rotatable bonds is 4. The molecular formula is C18H14N6O. The molecule has 3 heterocycles. The number of aromatic nitrogens is 5. The van der Waals surface area contributed by atoms with E-state index in [4.69, 9.17) is 0 Å². The van der Waals surface area contributed by atoms with Crippen LogP contribution in [0, 0.1) is 0 Å². The molecule has 7 nitrogen and oxygen atoms in total. The summed E-state index contributed by atoms with van der Waals surface area (Å²) in [6.07, 6.45) is 6.29. The van der Waals surface area contributed by atoms with Gasteiger partial charge in [-0.25, -0.2) is 19.9 Å². The van der Waals surface area contributed by atoms with E-state index >= 15 is 0 Å². The van der Waals surface area contributed by atoms with E-state index in [1.54, 1.807) is 17.1 Å². The maximum Gasteiger partial charge on any atom is 0.254 e. The molecule has 3 aromatic heterocycles. The first-order valence-corrected chi connectivity index (χ1v) is 7.74. The van der Waals surface area contributed by atoms with Crippen LogP contribution < -0.4 is 5.32 Å². The van der Waals surface area contributed by atoms with Gasteiger partial charge in [-0.2, -0.15) is 0 Å². The Balaban J connectivity index is 1.51. The Labute approximate surface area is 143 Å². The lowest BCUT2D eigenvalue weighted by Gasteiger charge is -2.06. The van der Waals surface area contributed by atoms with Gasteiger partial charge in [0.15, 0.2) is 5.65 Å². The second-order valence-corrected chi connectivity index (χ2v) is 5.40. The number of nitrogens with one attached hydrogen (secondary N) is 1. The monoisotopic (exact) mass is 330 g/mol. The SMILES string of the molecule is O=C(NCc1ccccc1)c1cnc(-n2cnc3cccnc32)nc1. The zero-order valence-electron chi connectivity index (χ0n) is 13.2. The summed E-state index contributed by atoms with van der Waals surface area (Å²) in [6.45, 7) is 0.456. The predicted octanol–water partition coefficient (Wildman–Crippen LogP) is 2.14. The molecule has 0 spiro atoms. The summed E-state index contributed by atoms with van der Waals surface area (Å²) in [7, 11) is 0. The van der Waals surface area contributed by atoms with Crippen LogP contribution in [0.3, 0.4) is 0 Å². The van der Waals surface area contributed by atoms with Crippen molar-refractivity contribution in [2.45, 2.75) is 6.54 Å². The summed E-state index contributed by atoms with van der Waals surface area (Å²) in [5.41, 5.74) is 2.86. The van der Waals surface area contributed by atoms with Gasteiger partial charge in [0.2, 0.25) is 5.95 Å². The highest BCUT2D eigenvalue weighted by Gasteiger charge is 2.10. The van der Waals surface area contributed by atoms with Gasteiger partial charge in [-0.1, -0.05) is 30.3 Å². The topological polar surface area (TPSA) is 85.6 Å². The number of carbonyl (C=O) groups is 1. The predicted molar refractivity (Wildman–Crippen MR) is 92.1 cm³/mol. The molecule has 122 valence electrons. The summed E-state index contributed by atoms with van der Waals surface area (Å²) in [6, 6.07) is 13.4. The second-order valence-electron chi connectivity index (χ2n) is 5.40. The first-order valence-electron chi connectivity index (χ1n) is 7.74. The molecule has 1 aromatic carbocycles. The van der Waals surface area contributed by atoms with Crippen molar-refractivity contribution < 1.29 is 4.79 Å². The summed E-state index contributed by atoms with van der Waals surface area (Å²) >= 11 is 0. The van der Waals surface area contributed by atoms with Crippen molar-refractivity contribution in [2.24, 2.45) is 0 Å². The van der Waals surface area contributed by atoms with E-state index in [9.17, 15) is 4.79 Å². The Morgan fingerprint density at radius 3 is 2.56 bits per heavy atom. The van der Waals surface area contributed by atoms with E-state index in [-0.39, 0.29) is 5.91 Å². The fourth-order valence-electron chi connectivity index (χ4n) is 2.44. The lowest BCUT2D eigenvalue weighted by Crippen LogP contribution is -2.23. The summed E-state index contributed by atoms with van der Waals surface area (Å²) in [5.74, 6) is 0.199. The van der Waals surface area contributed by atoms with Crippen LogP contribution in [0.4, 0.5) is 0 Å². The minimum Gasteiger partial charge on any atom is -0.348 e. The average Bonchev–Trinajstić information content (AvgIpc) is 3.11. The number of nitrogens with zero attached hydrogens (tertiary/aromatic N) is 5. The summed E-state index contributed by atoms with van der Waals surface area (Å²) in [5, 5.41) is 2.85. The lowest BCUT2D eigenvalue weighted by molar-refractivity contribution is 0.0950. The third kappa shape index (κ3) is 3.07. The molecule has 0 aliphatic rings. The first-order chi connectivity index (χ1) is 12.3. The molecule has 0 atom stereocenters. The molecule has 0 saturated carbocycles. The lowest BCUT2D eigenvalue weighted by atomic mass is 10.2. The van der Waals surface area contributed by atoms with Crippen LogP contribution in [0.5, 0.6) is 0 Å². The van der Waals surface area contributed by atoms with E-state index in [0.29, 0.717) is 23.7 Å². The number of hydrogen-bond acceptors (Lipinski definition) is 5. The van der Waals surface area contributed by atoms with Gasteiger partial charge < -0.3 is 5.32 Å². The molecule has 7 heteroatoms. The zero-order valence-corrected chi connectivity index (χ0v) is 13.2. The molecule has 4 aromatic rings. The minimum atomic E-state index is -0.219. The highest BCUT2D eigenvalue weighted by atomic mass is 16.1. The molecule has 0 fully saturated rings. The van der Waals surface area contributed by atoms with E-state index < -0.39 is 0 Å². The van der Waals surface area contributed by atoms with Gasteiger partial charge in [0.25, 0.3) is 5.91 Å². The third-order valence-electron chi connectivity index (χ3n) is 3.72. The van der Waals surface area contributed by atoms with Crippen LogP contribution in [0.2, 0.25) is 0 Å². The number of pyridine rings is 1. The van der Waals surface area contributed by atoms with Gasteiger partial charge >= 0.3 is 0 Å². The van der Waals surface area contributed by atoms with E-state index in [1.165, 1.54) is 12.4 Å². The van der Waals surface area contributed by atoms with Crippen molar-refractivity contribution in [3.05, 3.63) is 78.5 Å². The Bertz CT molecular complexity index is 1010. The third-order valence-corrected chi connectivity index (χ3v) is 3.72. The fraction of sp³-hybridized carbons (Fsp3) is 0.0556. The van der Waals surface area contributed by atoms with Gasteiger partial charge in [-0.15, -0.1) is 0 Å².